The number of benzene rings is 1. The van der Waals surface area contributed by atoms with Crippen LogP contribution in [-0.2, 0) is 19.4 Å². The van der Waals surface area contributed by atoms with Crippen LogP contribution in [0.15, 0.2) is 18.2 Å². The highest BCUT2D eigenvalue weighted by Gasteiger charge is 2.18. The van der Waals surface area contributed by atoms with Crippen LogP contribution in [0.5, 0.6) is 0 Å². The highest BCUT2D eigenvalue weighted by molar-refractivity contribution is 5.34. The van der Waals surface area contributed by atoms with Crippen LogP contribution in [0.3, 0.4) is 0 Å². The van der Waals surface area contributed by atoms with Gasteiger partial charge in [0.1, 0.15) is 0 Å². The molecule has 0 aliphatic carbocycles. The molecule has 1 aromatic carbocycles. The molecule has 1 heterocycles. The molecule has 0 spiro atoms. The lowest BCUT2D eigenvalue weighted by Gasteiger charge is -2.32. The van der Waals surface area contributed by atoms with Crippen molar-refractivity contribution in [3.63, 3.8) is 0 Å². The summed E-state index contributed by atoms with van der Waals surface area (Å²) in [5.74, 6) is 0.754. The Bertz CT molecular complexity index is 379. The monoisotopic (exact) mass is 261 g/mol. The molecule has 0 amide bonds. The molecule has 1 nitrogen and oxygen atoms in total. The molecular weight excluding hydrogens is 230 g/mol. The molecule has 2 rings (SSSR count). The average molecular weight is 261 g/mol. The van der Waals surface area contributed by atoms with Gasteiger partial charge in [-0.25, -0.2) is 0 Å². The first kappa shape index (κ1) is 16.2. The number of hydrogen-bond donors (Lipinski definition) is 0. The van der Waals surface area contributed by atoms with Gasteiger partial charge in [0.15, 0.2) is 0 Å². The first-order valence-corrected chi connectivity index (χ1v) is 7.91. The molecule has 0 bridgehead atoms. The van der Waals surface area contributed by atoms with E-state index in [1.807, 2.05) is 13.8 Å². The van der Waals surface area contributed by atoms with Gasteiger partial charge in [-0.3, -0.25) is 4.90 Å². The van der Waals surface area contributed by atoms with E-state index >= 15 is 0 Å². The maximum atomic E-state index is 2.56. The van der Waals surface area contributed by atoms with E-state index in [1.54, 1.807) is 5.56 Å². The van der Waals surface area contributed by atoms with Crippen molar-refractivity contribution in [2.75, 3.05) is 6.54 Å². The van der Waals surface area contributed by atoms with Crippen LogP contribution in [0.1, 0.15) is 58.2 Å². The summed E-state index contributed by atoms with van der Waals surface area (Å²) >= 11 is 0. The smallest absolute Gasteiger partial charge is 0.0239 e. The maximum Gasteiger partial charge on any atom is 0.0239 e. The summed E-state index contributed by atoms with van der Waals surface area (Å²) in [4.78, 5) is 2.56. The van der Waals surface area contributed by atoms with Gasteiger partial charge in [0.05, 0.1) is 0 Å². The summed E-state index contributed by atoms with van der Waals surface area (Å²) in [7, 11) is 0. The minimum Gasteiger partial charge on any atom is -0.296 e. The molecule has 0 saturated heterocycles. The average Bonchev–Trinajstić information content (AvgIpc) is 2.39. The van der Waals surface area contributed by atoms with E-state index in [4.69, 9.17) is 0 Å². The van der Waals surface area contributed by atoms with Crippen molar-refractivity contribution in [1.29, 1.82) is 0 Å². The fourth-order valence-corrected chi connectivity index (χ4v) is 2.67. The first-order chi connectivity index (χ1) is 9.06. The Morgan fingerprint density at radius 3 is 2.32 bits per heavy atom. The van der Waals surface area contributed by atoms with Crippen LogP contribution >= 0.6 is 0 Å². The summed E-state index contributed by atoms with van der Waals surface area (Å²) < 4.78 is 0. The maximum absolute atomic E-state index is 2.56. The molecule has 0 unspecified atom stereocenters. The standard InChI is InChI=1S/C16H25N.C2H6/c1-12(2)9-14-5-6-16-11-17(13(3)4)8-7-15(16)10-14;1-2/h5-6,10,12-13H,7-9,11H2,1-4H3;1-2H3. The summed E-state index contributed by atoms with van der Waals surface area (Å²) in [6, 6.07) is 7.77. The second-order valence-electron chi connectivity index (χ2n) is 6.02. The van der Waals surface area contributed by atoms with E-state index in [1.165, 1.54) is 30.5 Å². The van der Waals surface area contributed by atoms with Crippen LogP contribution in [0.4, 0.5) is 0 Å². The van der Waals surface area contributed by atoms with Crippen LogP contribution in [0, 0.1) is 5.92 Å². The predicted octanol–water partition coefficient (Wildman–Crippen LogP) is 4.68. The molecule has 1 heteroatoms. The molecule has 108 valence electrons. The zero-order valence-electron chi connectivity index (χ0n) is 13.7. The van der Waals surface area contributed by atoms with Crippen LogP contribution in [0.25, 0.3) is 0 Å². The molecule has 1 aromatic rings. The van der Waals surface area contributed by atoms with E-state index in [2.05, 4.69) is 50.8 Å². The number of hydrogen-bond acceptors (Lipinski definition) is 1. The molecule has 1 aliphatic rings. The summed E-state index contributed by atoms with van der Waals surface area (Å²) in [5.41, 5.74) is 4.63. The van der Waals surface area contributed by atoms with E-state index in [9.17, 15) is 0 Å². The molecule has 0 saturated carbocycles. The van der Waals surface area contributed by atoms with Crippen LogP contribution in [0.2, 0.25) is 0 Å². The lowest BCUT2D eigenvalue weighted by Crippen LogP contribution is -2.35. The topological polar surface area (TPSA) is 3.24 Å². The second-order valence-corrected chi connectivity index (χ2v) is 6.02. The molecule has 0 fully saturated rings. The Morgan fingerprint density at radius 2 is 1.74 bits per heavy atom. The van der Waals surface area contributed by atoms with E-state index in [-0.39, 0.29) is 0 Å². The van der Waals surface area contributed by atoms with Crippen molar-refractivity contribution in [2.45, 2.75) is 67.0 Å². The molecule has 1 aliphatic heterocycles. The second kappa shape index (κ2) is 7.69. The quantitative estimate of drug-likeness (QED) is 0.764. The minimum absolute atomic E-state index is 0.665. The lowest BCUT2D eigenvalue weighted by atomic mass is 9.93. The fourth-order valence-electron chi connectivity index (χ4n) is 2.67. The third-order valence-electron chi connectivity index (χ3n) is 3.69. The third kappa shape index (κ3) is 4.65. The SMILES string of the molecule is CC.CC(C)Cc1ccc2c(c1)CCN(C(C)C)C2. The Morgan fingerprint density at radius 1 is 1.05 bits per heavy atom. The largest absolute Gasteiger partial charge is 0.296 e. The minimum atomic E-state index is 0.665. The van der Waals surface area contributed by atoms with Crippen molar-refractivity contribution in [3.05, 3.63) is 34.9 Å². The molecular formula is C18H31N. The van der Waals surface area contributed by atoms with Gasteiger partial charge < -0.3 is 0 Å². The zero-order chi connectivity index (χ0) is 14.4. The summed E-state index contributed by atoms with van der Waals surface area (Å²) in [6.45, 7) is 15.5. The fraction of sp³-hybridized carbons (Fsp3) is 0.667. The van der Waals surface area contributed by atoms with Crippen LogP contribution < -0.4 is 0 Å². The van der Waals surface area contributed by atoms with Crippen molar-refractivity contribution < 1.29 is 0 Å². The zero-order valence-corrected chi connectivity index (χ0v) is 13.7. The molecule has 0 N–H and O–H groups in total. The van der Waals surface area contributed by atoms with E-state index < -0.39 is 0 Å². The van der Waals surface area contributed by atoms with Crippen molar-refractivity contribution >= 4 is 0 Å². The Labute approximate surface area is 120 Å². The normalized spacial score (nSPS) is 15.2. The van der Waals surface area contributed by atoms with Gasteiger partial charge in [0.25, 0.3) is 0 Å². The molecule has 19 heavy (non-hydrogen) atoms. The predicted molar refractivity (Wildman–Crippen MR) is 85.6 cm³/mol. The van der Waals surface area contributed by atoms with Gasteiger partial charge >= 0.3 is 0 Å². The first-order valence-electron chi connectivity index (χ1n) is 7.91. The summed E-state index contributed by atoms with van der Waals surface area (Å²) in [5, 5.41) is 0. The van der Waals surface area contributed by atoms with Gasteiger partial charge in [-0.1, -0.05) is 45.9 Å². The summed E-state index contributed by atoms with van der Waals surface area (Å²) in [6.07, 6.45) is 2.43. The third-order valence-corrected chi connectivity index (χ3v) is 3.69. The molecule has 0 aromatic heterocycles. The van der Waals surface area contributed by atoms with Crippen LogP contribution in [-0.4, -0.2) is 17.5 Å². The van der Waals surface area contributed by atoms with Crippen molar-refractivity contribution in [3.8, 4) is 0 Å². The number of rotatable bonds is 3. The van der Waals surface area contributed by atoms with Gasteiger partial charge in [0, 0.05) is 19.1 Å². The Hall–Kier alpha value is -0.820. The lowest BCUT2D eigenvalue weighted by molar-refractivity contribution is 0.203. The van der Waals surface area contributed by atoms with Gasteiger partial charge in [-0.05, 0) is 49.3 Å². The van der Waals surface area contributed by atoms with Gasteiger partial charge in [-0.2, -0.15) is 0 Å². The Kier molecular flexibility index (Phi) is 6.57. The van der Waals surface area contributed by atoms with Crippen molar-refractivity contribution in [1.82, 2.24) is 4.90 Å². The highest BCUT2D eigenvalue weighted by Crippen LogP contribution is 2.22. The highest BCUT2D eigenvalue weighted by atomic mass is 15.1. The molecule has 0 atom stereocenters. The van der Waals surface area contributed by atoms with E-state index in [0.29, 0.717) is 6.04 Å². The molecule has 0 radical (unpaired) electrons. The number of fused-ring (bicyclic) bond motifs is 1. The van der Waals surface area contributed by atoms with Gasteiger partial charge in [-0.15, -0.1) is 0 Å². The number of nitrogens with zero attached hydrogens (tertiary/aromatic N) is 1. The van der Waals surface area contributed by atoms with Crippen molar-refractivity contribution in [2.24, 2.45) is 5.92 Å². The Balaban J connectivity index is 0.000000861. The van der Waals surface area contributed by atoms with Gasteiger partial charge in [0.2, 0.25) is 0 Å². The van der Waals surface area contributed by atoms with E-state index in [0.717, 1.165) is 12.5 Å².